The summed E-state index contributed by atoms with van der Waals surface area (Å²) < 4.78 is 0. The monoisotopic (exact) mass is 768 g/mol. The number of rotatable bonds is 8. The van der Waals surface area contributed by atoms with E-state index < -0.39 is 0 Å². The smallest absolute Gasteiger partial charge is 0.173 e. The van der Waals surface area contributed by atoms with Gasteiger partial charge >= 0.3 is 0 Å². The summed E-state index contributed by atoms with van der Waals surface area (Å²) >= 11 is 5.84. The molecule has 9 heteroatoms. The third kappa shape index (κ3) is 11.0. The molecule has 0 spiro atoms. The fourth-order valence-corrected chi connectivity index (χ4v) is 6.68. The topological polar surface area (TPSA) is 114 Å². The third-order valence-electron chi connectivity index (χ3n) is 8.90. The van der Waals surface area contributed by atoms with Gasteiger partial charge in [0, 0.05) is 47.5 Å². The molecule has 2 aromatic heterocycles. The first kappa shape index (κ1) is 39.7. The number of nitrogens with one attached hydrogen (secondary N) is 3. The van der Waals surface area contributed by atoms with Crippen LogP contribution in [-0.4, -0.2) is 19.9 Å². The van der Waals surface area contributed by atoms with E-state index in [-0.39, 0.29) is 0 Å². The molecule has 0 atom stereocenters. The molecule has 0 aliphatic rings. The van der Waals surface area contributed by atoms with Crippen LogP contribution in [0.3, 0.4) is 0 Å². The van der Waals surface area contributed by atoms with Crippen LogP contribution in [0.2, 0.25) is 5.15 Å². The number of nitrogen functional groups attached to an aromatic ring is 1. The summed E-state index contributed by atoms with van der Waals surface area (Å²) in [4.78, 5) is 16.9. The first-order chi connectivity index (χ1) is 27.7. The predicted octanol–water partition coefficient (Wildman–Crippen LogP) is 12.7. The number of aryl methyl sites for hydroxylation is 4. The van der Waals surface area contributed by atoms with Gasteiger partial charge in [0.1, 0.15) is 0 Å². The van der Waals surface area contributed by atoms with Gasteiger partial charge in [-0.15, -0.1) is 0 Å². The van der Waals surface area contributed by atoms with Crippen LogP contribution in [0.25, 0.3) is 22.3 Å². The van der Waals surface area contributed by atoms with Gasteiger partial charge in [0.05, 0.1) is 0 Å². The highest BCUT2D eigenvalue weighted by Gasteiger charge is 2.11. The highest BCUT2D eigenvalue weighted by atomic mass is 35.5. The average molecular weight is 769 g/mol. The molecule has 0 aliphatic carbocycles. The maximum atomic E-state index is 5.84. The van der Waals surface area contributed by atoms with Crippen molar-refractivity contribution < 1.29 is 0 Å². The standard InChI is InChI=1S/C24H22N4.C14H15N.C10H8ClN3/c1-17-15-21(16-18(2)22(17)19-9-5-3-6-10-19)28-24-23(25-13-14-26-24)27-20-11-7-4-8-12-20;1-10-8-13(15)9-11(2)14(10)12-6-4-3-5-7-12;11-9-10(13-7-6-12-9)14-8-4-2-1-3-5-8/h3-16H,1-2H3,(H,25,27)(H,26,28);3-9H,15H2,1-2H3;1-7H,(H,13,14). The minimum absolute atomic E-state index is 0.372. The van der Waals surface area contributed by atoms with Crippen LogP contribution in [0.15, 0.2) is 170 Å². The Morgan fingerprint density at radius 1 is 0.404 bits per heavy atom. The van der Waals surface area contributed by atoms with Gasteiger partial charge in [-0.2, -0.15) is 0 Å². The van der Waals surface area contributed by atoms with Crippen LogP contribution in [-0.2, 0) is 0 Å². The maximum Gasteiger partial charge on any atom is 0.173 e. The van der Waals surface area contributed by atoms with E-state index >= 15 is 0 Å². The molecule has 8 nitrogen and oxygen atoms in total. The molecule has 2 heterocycles. The fourth-order valence-electron chi connectivity index (χ4n) is 6.53. The van der Waals surface area contributed by atoms with Gasteiger partial charge in [0.2, 0.25) is 0 Å². The molecule has 8 aromatic rings. The van der Waals surface area contributed by atoms with Gasteiger partial charge in [-0.3, -0.25) is 0 Å². The van der Waals surface area contributed by atoms with Crippen molar-refractivity contribution >= 4 is 51.8 Å². The fraction of sp³-hybridized carbons (Fsp3) is 0.0833. The molecule has 8 rings (SSSR count). The zero-order chi connectivity index (χ0) is 40.0. The lowest BCUT2D eigenvalue weighted by atomic mass is 9.95. The minimum atomic E-state index is 0.372. The molecule has 0 aliphatic heterocycles. The Kier molecular flexibility index (Phi) is 13.6. The molecule has 5 N–H and O–H groups in total. The summed E-state index contributed by atoms with van der Waals surface area (Å²) in [7, 11) is 0. The average Bonchev–Trinajstić information content (AvgIpc) is 3.21. The van der Waals surface area contributed by atoms with E-state index in [9.17, 15) is 0 Å². The Morgan fingerprint density at radius 3 is 1.16 bits per heavy atom. The largest absolute Gasteiger partial charge is 0.399 e. The number of hydrogen-bond donors (Lipinski definition) is 4. The number of para-hydroxylation sites is 2. The second kappa shape index (κ2) is 19.5. The molecule has 0 unspecified atom stereocenters. The van der Waals surface area contributed by atoms with Gasteiger partial charge < -0.3 is 21.7 Å². The Hall–Kier alpha value is -7.03. The molecule has 0 radical (unpaired) electrons. The Morgan fingerprint density at radius 2 is 0.737 bits per heavy atom. The maximum absolute atomic E-state index is 5.84. The van der Waals surface area contributed by atoms with Gasteiger partial charge in [-0.25, -0.2) is 19.9 Å². The zero-order valence-corrected chi connectivity index (χ0v) is 33.2. The third-order valence-corrected chi connectivity index (χ3v) is 9.18. The molecule has 0 bridgehead atoms. The van der Waals surface area contributed by atoms with Crippen molar-refractivity contribution in [1.29, 1.82) is 0 Å². The van der Waals surface area contributed by atoms with Crippen molar-refractivity contribution in [3.63, 3.8) is 0 Å². The number of hydrogen-bond acceptors (Lipinski definition) is 8. The van der Waals surface area contributed by atoms with Crippen LogP contribution >= 0.6 is 11.6 Å². The summed E-state index contributed by atoms with van der Waals surface area (Å²) in [5.74, 6) is 1.95. The molecular weight excluding hydrogens is 724 g/mol. The number of nitrogens with zero attached hydrogens (tertiary/aromatic N) is 4. The molecule has 0 saturated carbocycles. The number of halogens is 1. The minimum Gasteiger partial charge on any atom is -0.399 e. The van der Waals surface area contributed by atoms with E-state index in [1.807, 2.05) is 84.9 Å². The number of benzene rings is 6. The molecule has 0 fully saturated rings. The van der Waals surface area contributed by atoms with Gasteiger partial charge in [0.15, 0.2) is 22.6 Å². The van der Waals surface area contributed by atoms with E-state index in [2.05, 4.69) is 124 Å². The van der Waals surface area contributed by atoms with Crippen molar-refractivity contribution in [1.82, 2.24) is 19.9 Å². The van der Waals surface area contributed by atoms with Crippen LogP contribution in [0.4, 0.5) is 40.2 Å². The van der Waals surface area contributed by atoms with Crippen molar-refractivity contribution in [3.8, 4) is 22.3 Å². The Balaban J connectivity index is 0.000000159. The summed E-state index contributed by atoms with van der Waals surface area (Å²) in [6.45, 7) is 8.48. The number of aromatic nitrogens is 4. The van der Waals surface area contributed by atoms with Gasteiger partial charge in [-0.05, 0) is 121 Å². The lowest BCUT2D eigenvalue weighted by molar-refractivity contribution is 1.19. The normalized spacial score (nSPS) is 10.3. The molecule has 6 aromatic carbocycles. The second-order valence-corrected chi connectivity index (χ2v) is 13.7. The van der Waals surface area contributed by atoms with Crippen LogP contribution in [0.1, 0.15) is 22.3 Å². The molecule has 0 amide bonds. The predicted molar refractivity (Wildman–Crippen MR) is 239 cm³/mol. The second-order valence-electron chi connectivity index (χ2n) is 13.3. The lowest BCUT2D eigenvalue weighted by Gasteiger charge is -2.15. The highest BCUT2D eigenvalue weighted by molar-refractivity contribution is 6.31. The van der Waals surface area contributed by atoms with Crippen molar-refractivity contribution in [2.45, 2.75) is 27.7 Å². The van der Waals surface area contributed by atoms with Gasteiger partial charge in [-0.1, -0.05) is 109 Å². The summed E-state index contributed by atoms with van der Waals surface area (Å²) in [5, 5.41) is 10.2. The Bertz CT molecular complexity index is 2450. The van der Waals surface area contributed by atoms with E-state index in [1.165, 1.54) is 44.5 Å². The lowest BCUT2D eigenvalue weighted by Crippen LogP contribution is -2.02. The van der Waals surface area contributed by atoms with Crippen LogP contribution in [0.5, 0.6) is 0 Å². The van der Waals surface area contributed by atoms with Crippen molar-refractivity contribution in [3.05, 3.63) is 198 Å². The highest BCUT2D eigenvalue weighted by Crippen LogP contribution is 2.32. The zero-order valence-electron chi connectivity index (χ0n) is 32.4. The van der Waals surface area contributed by atoms with E-state index in [0.29, 0.717) is 22.6 Å². The van der Waals surface area contributed by atoms with E-state index in [1.54, 1.807) is 24.8 Å². The van der Waals surface area contributed by atoms with Crippen molar-refractivity contribution in [2.24, 2.45) is 0 Å². The SMILES string of the molecule is Cc1cc(N)cc(C)c1-c1ccccc1.Cc1cc(Nc2nccnc2Nc2ccccc2)cc(C)c1-c1ccccc1.Clc1nccnc1Nc1ccccc1. The first-order valence-electron chi connectivity index (χ1n) is 18.5. The number of nitrogens with two attached hydrogens (primary N) is 1. The molecule has 57 heavy (non-hydrogen) atoms. The first-order valence-corrected chi connectivity index (χ1v) is 18.9. The summed E-state index contributed by atoms with van der Waals surface area (Å²) in [5.41, 5.74) is 19.5. The summed E-state index contributed by atoms with van der Waals surface area (Å²) in [6.07, 6.45) is 6.53. The quantitative estimate of drug-likeness (QED) is 0.113. The van der Waals surface area contributed by atoms with E-state index in [0.717, 1.165) is 22.7 Å². The van der Waals surface area contributed by atoms with E-state index in [4.69, 9.17) is 17.3 Å². The Labute approximate surface area is 339 Å². The van der Waals surface area contributed by atoms with Crippen LogP contribution in [0, 0.1) is 27.7 Å². The summed E-state index contributed by atoms with van der Waals surface area (Å²) in [6, 6.07) is 48.9. The molecule has 284 valence electrons. The molecule has 0 saturated heterocycles. The number of anilines is 7. The molecular formula is C48H45ClN8. The van der Waals surface area contributed by atoms with Crippen molar-refractivity contribution in [2.75, 3.05) is 21.7 Å². The van der Waals surface area contributed by atoms with Crippen LogP contribution < -0.4 is 21.7 Å². The van der Waals surface area contributed by atoms with Gasteiger partial charge in [0.25, 0.3) is 0 Å².